The molecule has 0 fully saturated rings. The number of nitrogens with zero attached hydrogens (tertiary/aromatic N) is 1. The highest BCUT2D eigenvalue weighted by atomic mass is 35.5. The Morgan fingerprint density at radius 1 is 0.700 bits per heavy atom. The van der Waals surface area contributed by atoms with Gasteiger partial charge in [-0.15, -0.1) is 0 Å². The highest BCUT2D eigenvalue weighted by Gasteiger charge is 2.33. The van der Waals surface area contributed by atoms with E-state index >= 15 is 0 Å². The summed E-state index contributed by atoms with van der Waals surface area (Å²) in [5.41, 5.74) is -3.74. The van der Waals surface area contributed by atoms with Crippen LogP contribution in [0.4, 0.5) is 30.7 Å². The molecular weight excluding hydrogens is 711 g/mol. The lowest BCUT2D eigenvalue weighted by molar-refractivity contribution is 0.0696. The van der Waals surface area contributed by atoms with Crippen LogP contribution in [0, 0.1) is 5.82 Å². The smallest absolute Gasteiger partial charge is 0.335 e. The van der Waals surface area contributed by atoms with Gasteiger partial charge in [-0.1, -0.05) is 66.2 Å². The predicted molar refractivity (Wildman–Crippen MR) is 174 cm³/mol. The van der Waals surface area contributed by atoms with E-state index in [4.69, 9.17) is 11.6 Å². The molecule has 14 heteroatoms. The summed E-state index contributed by atoms with van der Waals surface area (Å²) < 4.78 is 130. The number of aromatic carboxylic acids is 1. The van der Waals surface area contributed by atoms with Crippen LogP contribution in [-0.2, 0) is 10.0 Å². The van der Waals surface area contributed by atoms with E-state index in [1.54, 1.807) is 0 Å². The summed E-state index contributed by atoms with van der Waals surface area (Å²) in [6.45, 7) is 0. The molecule has 50 heavy (non-hydrogen) atoms. The van der Waals surface area contributed by atoms with E-state index in [9.17, 15) is 49.1 Å². The predicted octanol–water partition coefficient (Wildman–Crippen LogP) is 11.2. The minimum absolute atomic E-state index is 0.0142. The second-order valence-corrected chi connectivity index (χ2v) is 13.2. The zero-order valence-electron chi connectivity index (χ0n) is 25.1. The molecule has 0 spiro atoms. The fourth-order valence-corrected chi connectivity index (χ4v) is 7.68. The Balaban J connectivity index is 1.78. The Labute approximate surface area is 284 Å². The third-order valence-corrected chi connectivity index (χ3v) is 10.1. The molecule has 1 N–H and O–H groups in total. The molecule has 256 valence electrons. The average molecular weight is 732 g/mol. The molecule has 6 aromatic rings. The first kappa shape index (κ1) is 34.7. The molecule has 0 aliphatic carbocycles. The summed E-state index contributed by atoms with van der Waals surface area (Å²) in [7, 11) is -4.87. The molecule has 5 aromatic carbocycles. The minimum Gasteiger partial charge on any atom is -0.478 e. The molecule has 1 heterocycles. The Morgan fingerprint density at radius 3 is 1.90 bits per heavy atom. The second-order valence-electron chi connectivity index (χ2n) is 11.0. The van der Waals surface area contributed by atoms with Crippen LogP contribution in [0.1, 0.15) is 46.3 Å². The lowest BCUT2D eigenvalue weighted by Gasteiger charge is -2.18. The first-order valence-electron chi connectivity index (χ1n) is 14.5. The van der Waals surface area contributed by atoms with Crippen LogP contribution < -0.4 is 0 Å². The van der Waals surface area contributed by atoms with Crippen molar-refractivity contribution in [3.8, 4) is 33.5 Å². The number of fused-ring (bicyclic) bond motifs is 1. The Kier molecular flexibility index (Phi) is 9.23. The third-order valence-electron chi connectivity index (χ3n) is 8.07. The largest absolute Gasteiger partial charge is 0.478 e. The summed E-state index contributed by atoms with van der Waals surface area (Å²) >= 11 is 6.42. The molecule has 0 saturated carbocycles. The molecule has 0 aliphatic rings. The quantitative estimate of drug-likeness (QED) is 0.150. The van der Waals surface area contributed by atoms with Gasteiger partial charge in [0.1, 0.15) is 5.82 Å². The van der Waals surface area contributed by atoms with Crippen LogP contribution in [0.5, 0.6) is 0 Å². The summed E-state index contributed by atoms with van der Waals surface area (Å²) in [5, 5.41) is 9.05. The number of rotatable bonds is 9. The maximum absolute atomic E-state index is 15.0. The highest BCUT2D eigenvalue weighted by Crippen LogP contribution is 2.49. The van der Waals surface area contributed by atoms with E-state index in [-0.39, 0.29) is 38.2 Å². The molecule has 0 bridgehead atoms. The number of benzene rings is 5. The number of carboxylic acid groups (broad SMARTS) is 1. The topological polar surface area (TPSA) is 76.4 Å². The summed E-state index contributed by atoms with van der Waals surface area (Å²) in [5.74, 6) is -2.19. The van der Waals surface area contributed by atoms with Crippen molar-refractivity contribution in [1.29, 1.82) is 0 Å². The number of hydrogen-bond acceptors (Lipinski definition) is 3. The van der Waals surface area contributed by atoms with Crippen molar-refractivity contribution in [3.05, 3.63) is 136 Å². The lowest BCUT2D eigenvalue weighted by Crippen LogP contribution is -2.14. The number of aromatic nitrogens is 1. The number of halogens is 8. The van der Waals surface area contributed by atoms with Gasteiger partial charge in [0.2, 0.25) is 0 Å². The van der Waals surface area contributed by atoms with Gasteiger partial charge in [0.15, 0.2) is 0 Å². The summed E-state index contributed by atoms with van der Waals surface area (Å²) in [4.78, 5) is 11.0. The molecule has 1 aromatic heterocycles. The van der Waals surface area contributed by atoms with E-state index in [1.807, 2.05) is 0 Å². The molecule has 0 amide bonds. The van der Waals surface area contributed by atoms with Gasteiger partial charge < -0.3 is 5.11 Å². The van der Waals surface area contributed by atoms with Crippen LogP contribution >= 0.6 is 11.6 Å². The zero-order valence-corrected chi connectivity index (χ0v) is 26.7. The minimum atomic E-state index is -4.87. The standard InChI is InChI=1S/C36H21ClF7NO4S/c37-28-16-21(36(46)47)9-13-24(28)19-3-1-4-20(15-19)32-31(30-25(34(41)42)5-2-6-26(30)35(43)44)27-17-22(38)10-14-29(27)45(32)50(48,49)23-11-7-18(8-12-23)33(39)40/h1-17,33-35H,(H,46,47). The van der Waals surface area contributed by atoms with Crippen molar-refractivity contribution in [2.24, 2.45) is 0 Å². The van der Waals surface area contributed by atoms with Gasteiger partial charge >= 0.3 is 5.97 Å². The van der Waals surface area contributed by atoms with Gasteiger partial charge in [0, 0.05) is 49.4 Å². The SMILES string of the molecule is O=C(O)c1ccc(-c2cccc(-c3c(-c4c(C(F)F)cccc4C(F)F)c4cc(F)ccc4n3S(=O)(=O)c3ccc(C(F)F)cc3)c2)c(Cl)c1. The number of hydrogen-bond donors (Lipinski definition) is 1. The zero-order chi connectivity index (χ0) is 36.1. The Hall–Kier alpha value is -5.14. The van der Waals surface area contributed by atoms with Crippen molar-refractivity contribution in [1.82, 2.24) is 3.97 Å². The van der Waals surface area contributed by atoms with Crippen LogP contribution in [0.25, 0.3) is 44.4 Å². The number of carboxylic acids is 1. The maximum atomic E-state index is 15.0. The number of alkyl halides is 6. The van der Waals surface area contributed by atoms with Crippen LogP contribution in [-0.4, -0.2) is 23.5 Å². The average Bonchev–Trinajstić information content (AvgIpc) is 3.42. The van der Waals surface area contributed by atoms with Crippen molar-refractivity contribution in [2.45, 2.75) is 24.2 Å². The fourth-order valence-electron chi connectivity index (χ4n) is 5.85. The van der Waals surface area contributed by atoms with E-state index < -0.39 is 79.5 Å². The van der Waals surface area contributed by atoms with E-state index in [0.29, 0.717) is 3.97 Å². The molecule has 0 atom stereocenters. The molecule has 0 radical (unpaired) electrons. The van der Waals surface area contributed by atoms with E-state index in [2.05, 4.69) is 0 Å². The molecule has 6 rings (SSSR count). The van der Waals surface area contributed by atoms with Crippen molar-refractivity contribution < 1.29 is 49.1 Å². The number of carbonyl (C=O) groups is 1. The van der Waals surface area contributed by atoms with Gasteiger partial charge in [0.25, 0.3) is 29.3 Å². The van der Waals surface area contributed by atoms with E-state index in [0.717, 1.165) is 60.7 Å². The maximum Gasteiger partial charge on any atom is 0.335 e. The summed E-state index contributed by atoms with van der Waals surface area (Å²) in [6.07, 6.45) is -9.60. The van der Waals surface area contributed by atoms with Crippen LogP contribution in [0.15, 0.2) is 108 Å². The Bertz CT molecular complexity index is 2370. The van der Waals surface area contributed by atoms with E-state index in [1.165, 1.54) is 42.5 Å². The molecule has 0 aliphatic heterocycles. The van der Waals surface area contributed by atoms with Gasteiger partial charge in [-0.05, 0) is 54.1 Å². The third kappa shape index (κ3) is 6.11. The Morgan fingerprint density at radius 2 is 1.32 bits per heavy atom. The van der Waals surface area contributed by atoms with Gasteiger partial charge in [-0.3, -0.25) is 0 Å². The molecule has 0 saturated heterocycles. The van der Waals surface area contributed by atoms with Crippen molar-refractivity contribution in [3.63, 3.8) is 0 Å². The monoisotopic (exact) mass is 731 g/mol. The van der Waals surface area contributed by atoms with Crippen LogP contribution in [0.3, 0.4) is 0 Å². The van der Waals surface area contributed by atoms with Crippen LogP contribution in [0.2, 0.25) is 5.02 Å². The summed E-state index contributed by atoms with van der Waals surface area (Å²) in [6, 6.07) is 18.7. The fraction of sp³-hybridized carbons (Fsp3) is 0.0833. The van der Waals surface area contributed by atoms with Gasteiger partial charge in [-0.25, -0.2) is 47.9 Å². The van der Waals surface area contributed by atoms with Crippen molar-refractivity contribution >= 4 is 38.5 Å². The second kappa shape index (κ2) is 13.3. The lowest BCUT2D eigenvalue weighted by atomic mass is 9.90. The van der Waals surface area contributed by atoms with Gasteiger partial charge in [0.05, 0.1) is 21.7 Å². The first-order valence-corrected chi connectivity index (χ1v) is 16.3. The first-order chi connectivity index (χ1) is 23.7. The molecule has 0 unspecified atom stereocenters. The normalized spacial score (nSPS) is 12.1. The molecule has 5 nitrogen and oxygen atoms in total. The van der Waals surface area contributed by atoms with Gasteiger partial charge in [-0.2, -0.15) is 0 Å². The van der Waals surface area contributed by atoms with Crippen molar-refractivity contribution in [2.75, 3.05) is 0 Å². The highest BCUT2D eigenvalue weighted by molar-refractivity contribution is 7.90. The molecular formula is C36H21ClF7NO4S.